The lowest BCUT2D eigenvalue weighted by Gasteiger charge is -2.34. The van der Waals surface area contributed by atoms with Crippen LogP contribution in [0.2, 0.25) is 0 Å². The van der Waals surface area contributed by atoms with E-state index in [4.69, 9.17) is 10.00 Å². The van der Waals surface area contributed by atoms with Crippen molar-refractivity contribution in [2.45, 2.75) is 44.7 Å². The molecule has 4 nitrogen and oxygen atoms in total. The van der Waals surface area contributed by atoms with E-state index < -0.39 is 0 Å². The molecule has 1 amide bonds. The number of nitrogens with zero attached hydrogens (tertiary/aromatic N) is 2. The van der Waals surface area contributed by atoms with E-state index in [-0.39, 0.29) is 24.4 Å². The van der Waals surface area contributed by atoms with E-state index in [0.29, 0.717) is 17.9 Å². The Hall–Kier alpha value is -2.87. The van der Waals surface area contributed by atoms with Gasteiger partial charge < -0.3 is 9.64 Å². The van der Waals surface area contributed by atoms with Crippen molar-refractivity contribution in [3.05, 3.63) is 65.5 Å². The Bertz CT molecular complexity index is 808. The summed E-state index contributed by atoms with van der Waals surface area (Å²) < 4.78 is 18.8. The third kappa shape index (κ3) is 5.07. The molecular weight excluding hydrogens is 343 g/mol. The Morgan fingerprint density at radius 1 is 1.11 bits per heavy atom. The van der Waals surface area contributed by atoms with Crippen LogP contribution in [-0.4, -0.2) is 23.5 Å². The van der Waals surface area contributed by atoms with Crippen LogP contribution in [0.4, 0.5) is 4.39 Å². The highest BCUT2D eigenvalue weighted by molar-refractivity contribution is 5.78. The quantitative estimate of drug-likeness (QED) is 0.759. The predicted octanol–water partition coefficient (Wildman–Crippen LogP) is 4.44. The highest BCUT2D eigenvalue weighted by atomic mass is 19.1. The molecule has 1 aliphatic carbocycles. The Kier molecular flexibility index (Phi) is 6.43. The smallest absolute Gasteiger partial charge is 0.261 e. The van der Waals surface area contributed by atoms with Crippen LogP contribution in [0.15, 0.2) is 48.5 Å². The minimum Gasteiger partial charge on any atom is -0.482 e. The molecule has 0 spiro atoms. The van der Waals surface area contributed by atoms with Crippen LogP contribution in [0, 0.1) is 17.1 Å². The average molecular weight is 366 g/mol. The highest BCUT2D eigenvalue weighted by Crippen LogP contribution is 2.25. The standard InChI is InChI=1S/C22H23FN2O2/c23-19-12-10-17(11-13-19)15-25(20-7-2-1-3-8-20)22(26)16-27-21-9-5-4-6-18(21)14-24/h4-6,9-13,20H,1-3,7-8,15-16H2. The zero-order chi connectivity index (χ0) is 19.1. The summed E-state index contributed by atoms with van der Waals surface area (Å²) >= 11 is 0. The van der Waals surface area contributed by atoms with Gasteiger partial charge in [0.05, 0.1) is 5.56 Å². The number of carbonyl (C=O) groups excluding carboxylic acids is 1. The Balaban J connectivity index is 1.71. The first-order valence-corrected chi connectivity index (χ1v) is 9.33. The first-order chi connectivity index (χ1) is 13.2. The maximum absolute atomic E-state index is 13.2. The molecule has 140 valence electrons. The molecule has 0 bridgehead atoms. The maximum atomic E-state index is 13.2. The van der Waals surface area contributed by atoms with E-state index in [9.17, 15) is 9.18 Å². The van der Waals surface area contributed by atoms with E-state index in [0.717, 1.165) is 31.2 Å². The van der Waals surface area contributed by atoms with Crippen LogP contribution < -0.4 is 4.74 Å². The fraction of sp³-hybridized carbons (Fsp3) is 0.364. The molecule has 0 N–H and O–H groups in total. The first kappa shape index (κ1) is 18.9. The number of amides is 1. The summed E-state index contributed by atoms with van der Waals surface area (Å²) in [6, 6.07) is 15.4. The van der Waals surface area contributed by atoms with Gasteiger partial charge in [-0.3, -0.25) is 4.79 Å². The molecule has 0 atom stereocenters. The molecule has 0 aliphatic heterocycles. The molecule has 2 aromatic rings. The number of para-hydroxylation sites is 1. The van der Waals surface area contributed by atoms with Gasteiger partial charge >= 0.3 is 0 Å². The zero-order valence-corrected chi connectivity index (χ0v) is 15.2. The number of carbonyl (C=O) groups is 1. The van der Waals surface area contributed by atoms with Crippen LogP contribution in [-0.2, 0) is 11.3 Å². The molecule has 2 aromatic carbocycles. The van der Waals surface area contributed by atoms with Crippen molar-refractivity contribution in [2.75, 3.05) is 6.61 Å². The fourth-order valence-electron chi connectivity index (χ4n) is 3.51. The summed E-state index contributed by atoms with van der Waals surface area (Å²) in [7, 11) is 0. The normalized spacial score (nSPS) is 14.4. The van der Waals surface area contributed by atoms with Crippen molar-refractivity contribution >= 4 is 5.91 Å². The van der Waals surface area contributed by atoms with Gasteiger partial charge in [0.25, 0.3) is 5.91 Å². The molecule has 0 unspecified atom stereocenters. The van der Waals surface area contributed by atoms with E-state index in [1.54, 1.807) is 36.4 Å². The van der Waals surface area contributed by atoms with E-state index >= 15 is 0 Å². The predicted molar refractivity (Wildman–Crippen MR) is 100 cm³/mol. The molecule has 1 aliphatic rings. The molecule has 0 heterocycles. The molecule has 0 radical (unpaired) electrons. The number of hydrogen-bond acceptors (Lipinski definition) is 3. The number of nitriles is 1. The third-order valence-electron chi connectivity index (χ3n) is 4.96. The van der Waals surface area contributed by atoms with Crippen LogP contribution in [0.1, 0.15) is 43.2 Å². The van der Waals surface area contributed by atoms with Crippen molar-refractivity contribution < 1.29 is 13.9 Å². The van der Waals surface area contributed by atoms with Gasteiger partial charge in [-0.2, -0.15) is 5.26 Å². The second kappa shape index (κ2) is 9.18. The van der Waals surface area contributed by atoms with Crippen molar-refractivity contribution in [3.8, 4) is 11.8 Å². The van der Waals surface area contributed by atoms with Gasteiger partial charge in [-0.05, 0) is 42.7 Å². The van der Waals surface area contributed by atoms with Crippen LogP contribution in [0.5, 0.6) is 5.75 Å². The van der Waals surface area contributed by atoms with Crippen molar-refractivity contribution in [2.24, 2.45) is 0 Å². The molecule has 5 heteroatoms. The van der Waals surface area contributed by atoms with Crippen LogP contribution in [0.3, 0.4) is 0 Å². The van der Waals surface area contributed by atoms with Gasteiger partial charge in [-0.1, -0.05) is 43.5 Å². The summed E-state index contributed by atoms with van der Waals surface area (Å²) in [5.74, 6) is 0.0171. The minimum atomic E-state index is -0.286. The Morgan fingerprint density at radius 2 is 1.81 bits per heavy atom. The van der Waals surface area contributed by atoms with Gasteiger partial charge in [0.1, 0.15) is 17.6 Å². The topological polar surface area (TPSA) is 53.3 Å². The monoisotopic (exact) mass is 366 g/mol. The lowest BCUT2D eigenvalue weighted by atomic mass is 9.93. The molecular formula is C22H23FN2O2. The summed E-state index contributed by atoms with van der Waals surface area (Å²) in [5, 5.41) is 9.16. The highest BCUT2D eigenvalue weighted by Gasteiger charge is 2.26. The summed E-state index contributed by atoms with van der Waals surface area (Å²) in [6.07, 6.45) is 5.36. The molecule has 0 aromatic heterocycles. The van der Waals surface area contributed by atoms with Crippen molar-refractivity contribution in [3.63, 3.8) is 0 Å². The largest absolute Gasteiger partial charge is 0.482 e. The van der Waals surface area contributed by atoms with Crippen LogP contribution >= 0.6 is 0 Å². The number of rotatable bonds is 6. The second-order valence-corrected chi connectivity index (χ2v) is 6.84. The minimum absolute atomic E-state index is 0.112. The van der Waals surface area contributed by atoms with E-state index in [2.05, 4.69) is 6.07 Å². The van der Waals surface area contributed by atoms with Crippen molar-refractivity contribution in [1.82, 2.24) is 4.90 Å². The molecule has 1 saturated carbocycles. The fourth-order valence-corrected chi connectivity index (χ4v) is 3.51. The Morgan fingerprint density at radius 3 is 2.52 bits per heavy atom. The van der Waals surface area contributed by atoms with Crippen LogP contribution in [0.25, 0.3) is 0 Å². The van der Waals surface area contributed by atoms with Crippen molar-refractivity contribution in [1.29, 1.82) is 5.26 Å². The zero-order valence-electron chi connectivity index (χ0n) is 15.2. The molecule has 1 fully saturated rings. The first-order valence-electron chi connectivity index (χ1n) is 9.33. The molecule has 27 heavy (non-hydrogen) atoms. The average Bonchev–Trinajstić information content (AvgIpc) is 2.72. The SMILES string of the molecule is N#Cc1ccccc1OCC(=O)N(Cc1ccc(F)cc1)C1CCCCC1. The number of ether oxygens (including phenoxy) is 1. The summed E-state index contributed by atoms with van der Waals surface area (Å²) in [6.45, 7) is 0.323. The maximum Gasteiger partial charge on any atom is 0.261 e. The second-order valence-electron chi connectivity index (χ2n) is 6.84. The number of halogens is 1. The number of hydrogen-bond donors (Lipinski definition) is 0. The van der Waals surface area contributed by atoms with Gasteiger partial charge in [0, 0.05) is 12.6 Å². The molecule has 0 saturated heterocycles. The van der Waals surface area contributed by atoms with Gasteiger partial charge in [0.2, 0.25) is 0 Å². The molecule has 3 rings (SSSR count). The lowest BCUT2D eigenvalue weighted by molar-refractivity contribution is -0.137. The summed E-state index contributed by atoms with van der Waals surface area (Å²) in [4.78, 5) is 14.8. The lowest BCUT2D eigenvalue weighted by Crippen LogP contribution is -2.43. The summed E-state index contributed by atoms with van der Waals surface area (Å²) in [5.41, 5.74) is 1.31. The number of benzene rings is 2. The third-order valence-corrected chi connectivity index (χ3v) is 4.96. The van der Waals surface area contributed by atoms with E-state index in [1.807, 2.05) is 4.90 Å². The Labute approximate surface area is 159 Å². The van der Waals surface area contributed by atoms with E-state index in [1.165, 1.54) is 18.6 Å². The van der Waals surface area contributed by atoms with Gasteiger partial charge in [-0.15, -0.1) is 0 Å². The van der Waals surface area contributed by atoms with Gasteiger partial charge in [0.15, 0.2) is 6.61 Å². The van der Waals surface area contributed by atoms with Gasteiger partial charge in [-0.25, -0.2) is 4.39 Å².